The van der Waals surface area contributed by atoms with Gasteiger partial charge in [0, 0.05) is 29.9 Å². The molecule has 2 aromatic carbocycles. The molecule has 0 aliphatic rings. The lowest BCUT2D eigenvalue weighted by molar-refractivity contribution is 0.602. The van der Waals surface area contributed by atoms with Gasteiger partial charge in [0.2, 0.25) is 5.95 Å². The van der Waals surface area contributed by atoms with Crippen molar-refractivity contribution in [2.75, 3.05) is 16.9 Å². The highest BCUT2D eigenvalue weighted by atomic mass is 35.5. The summed E-state index contributed by atoms with van der Waals surface area (Å²) in [5.41, 5.74) is 2.86. The Labute approximate surface area is 191 Å². The molecule has 4 rings (SSSR count). The van der Waals surface area contributed by atoms with Crippen LogP contribution in [0.4, 0.5) is 17.3 Å². The lowest BCUT2D eigenvalue weighted by Crippen LogP contribution is -2.15. The number of hydrogen-bond acceptors (Lipinski definition) is 7. The molecule has 7 nitrogen and oxygen atoms in total. The molecular formula is C23H20ClN5O2S. The average Bonchev–Trinajstić information content (AvgIpc) is 2.79. The highest BCUT2D eigenvalue weighted by Crippen LogP contribution is 2.33. The molecule has 32 heavy (non-hydrogen) atoms. The molecule has 1 atom stereocenters. The lowest BCUT2D eigenvalue weighted by atomic mass is 10.0. The van der Waals surface area contributed by atoms with Crippen molar-refractivity contribution in [2.24, 2.45) is 0 Å². The first-order valence-electron chi connectivity index (χ1n) is 9.71. The molecule has 4 aromatic rings. The van der Waals surface area contributed by atoms with Crippen LogP contribution < -0.4 is 10.6 Å². The minimum atomic E-state index is -3.41. The molecule has 9 heteroatoms. The highest BCUT2D eigenvalue weighted by molar-refractivity contribution is 7.90. The Morgan fingerprint density at radius 1 is 0.844 bits per heavy atom. The van der Waals surface area contributed by atoms with Crippen LogP contribution in [0.3, 0.4) is 0 Å². The molecule has 0 saturated heterocycles. The number of nitrogens with one attached hydrogen (secondary N) is 2. The fourth-order valence-corrected chi connectivity index (χ4v) is 4.03. The van der Waals surface area contributed by atoms with E-state index in [2.05, 4.69) is 25.6 Å². The summed E-state index contributed by atoms with van der Waals surface area (Å²) < 4.78 is 24.3. The van der Waals surface area contributed by atoms with Crippen LogP contribution in [0.5, 0.6) is 0 Å². The highest BCUT2D eigenvalue weighted by Gasteiger charge is 2.19. The summed E-state index contributed by atoms with van der Waals surface area (Å²) in [7, 11) is -3.41. The third kappa shape index (κ3) is 5.22. The lowest BCUT2D eigenvalue weighted by Gasteiger charge is -2.23. The Kier molecular flexibility index (Phi) is 6.34. The van der Waals surface area contributed by atoms with Gasteiger partial charge in [-0.05, 0) is 54.1 Å². The second kappa shape index (κ2) is 9.33. The van der Waals surface area contributed by atoms with Crippen LogP contribution in [-0.2, 0) is 9.84 Å². The van der Waals surface area contributed by atoms with Gasteiger partial charge in [0.05, 0.1) is 28.0 Å². The Balaban J connectivity index is 1.79. The fraction of sp³-hybridized carbons (Fsp3) is 0.0870. The van der Waals surface area contributed by atoms with Gasteiger partial charge in [-0.15, -0.1) is 0 Å². The molecule has 0 saturated carbocycles. The first-order valence-corrected chi connectivity index (χ1v) is 12.0. The standard InChI is InChI=1S/C23H20ClN5O2S/c1-32(30,31)18-9-10-19(21(15-18)29-23-26-12-5-13-27-23)28-22(20-8-2-3-11-25-20)16-6-4-7-17(24)14-16/h2-15,22,28H,1H3,(H,26,27,29)/t22-/m0/s1. The van der Waals surface area contributed by atoms with Crippen LogP contribution in [0.1, 0.15) is 17.3 Å². The molecule has 0 aliphatic heterocycles. The van der Waals surface area contributed by atoms with Crippen LogP contribution in [0.2, 0.25) is 5.02 Å². The smallest absolute Gasteiger partial charge is 0.227 e. The molecule has 0 spiro atoms. The van der Waals surface area contributed by atoms with E-state index in [1.54, 1.807) is 48.9 Å². The van der Waals surface area contributed by atoms with E-state index < -0.39 is 9.84 Å². The summed E-state index contributed by atoms with van der Waals surface area (Å²) >= 11 is 6.25. The maximum atomic E-state index is 12.1. The predicted octanol–water partition coefficient (Wildman–Crippen LogP) is 4.87. The maximum absolute atomic E-state index is 12.1. The van der Waals surface area contributed by atoms with Crippen molar-refractivity contribution >= 4 is 38.8 Å². The van der Waals surface area contributed by atoms with Gasteiger partial charge in [-0.3, -0.25) is 4.98 Å². The number of pyridine rings is 1. The van der Waals surface area contributed by atoms with Crippen molar-refractivity contribution in [2.45, 2.75) is 10.9 Å². The number of halogens is 1. The third-order valence-electron chi connectivity index (χ3n) is 4.70. The fourth-order valence-electron chi connectivity index (χ4n) is 3.18. The topological polar surface area (TPSA) is 96.9 Å². The summed E-state index contributed by atoms with van der Waals surface area (Å²) in [6.45, 7) is 0. The summed E-state index contributed by atoms with van der Waals surface area (Å²) in [6, 6.07) is 19.4. The zero-order valence-corrected chi connectivity index (χ0v) is 18.7. The van der Waals surface area contributed by atoms with E-state index in [0.717, 1.165) is 11.3 Å². The largest absolute Gasteiger partial charge is 0.371 e. The van der Waals surface area contributed by atoms with Crippen LogP contribution >= 0.6 is 11.6 Å². The molecule has 2 aromatic heterocycles. The van der Waals surface area contributed by atoms with Crippen molar-refractivity contribution in [3.8, 4) is 0 Å². The molecule has 0 amide bonds. The molecule has 0 aliphatic carbocycles. The number of benzene rings is 2. The third-order valence-corrected chi connectivity index (χ3v) is 6.04. The Morgan fingerprint density at radius 3 is 2.31 bits per heavy atom. The summed E-state index contributed by atoms with van der Waals surface area (Å²) in [6.07, 6.45) is 6.09. The molecule has 0 bridgehead atoms. The average molecular weight is 466 g/mol. The molecule has 2 heterocycles. The summed E-state index contributed by atoms with van der Waals surface area (Å²) in [4.78, 5) is 13.1. The Hall–Kier alpha value is -3.49. The normalized spacial score (nSPS) is 12.2. The van der Waals surface area contributed by atoms with Crippen molar-refractivity contribution in [3.63, 3.8) is 0 Å². The van der Waals surface area contributed by atoms with E-state index >= 15 is 0 Å². The van der Waals surface area contributed by atoms with Crippen molar-refractivity contribution in [1.82, 2.24) is 15.0 Å². The monoisotopic (exact) mass is 465 g/mol. The predicted molar refractivity (Wildman–Crippen MR) is 126 cm³/mol. The molecule has 0 unspecified atom stereocenters. The van der Waals surface area contributed by atoms with Crippen molar-refractivity contribution < 1.29 is 8.42 Å². The van der Waals surface area contributed by atoms with Crippen LogP contribution in [0.15, 0.2) is 90.2 Å². The molecule has 0 radical (unpaired) electrons. The van der Waals surface area contributed by atoms with Crippen molar-refractivity contribution in [1.29, 1.82) is 0 Å². The summed E-state index contributed by atoms with van der Waals surface area (Å²) in [5, 5.41) is 7.19. The van der Waals surface area contributed by atoms with Gasteiger partial charge in [-0.2, -0.15) is 0 Å². The van der Waals surface area contributed by atoms with Crippen LogP contribution in [0, 0.1) is 0 Å². The second-order valence-corrected chi connectivity index (χ2v) is 9.52. The van der Waals surface area contributed by atoms with E-state index in [-0.39, 0.29) is 10.9 Å². The second-order valence-electron chi connectivity index (χ2n) is 7.06. The Morgan fingerprint density at radius 2 is 1.62 bits per heavy atom. The number of sulfone groups is 1. The molecular weight excluding hydrogens is 446 g/mol. The van der Waals surface area contributed by atoms with Gasteiger partial charge in [-0.1, -0.05) is 29.8 Å². The van der Waals surface area contributed by atoms with E-state index in [1.165, 1.54) is 6.26 Å². The van der Waals surface area contributed by atoms with E-state index in [9.17, 15) is 8.42 Å². The maximum Gasteiger partial charge on any atom is 0.227 e. The number of aromatic nitrogens is 3. The first kappa shape index (κ1) is 21.7. The zero-order chi connectivity index (χ0) is 22.6. The van der Waals surface area contributed by atoms with Gasteiger partial charge >= 0.3 is 0 Å². The molecule has 0 fully saturated rings. The molecule has 2 N–H and O–H groups in total. The van der Waals surface area contributed by atoms with Gasteiger partial charge in [-0.25, -0.2) is 18.4 Å². The SMILES string of the molecule is CS(=O)(=O)c1ccc(N[C@@H](c2cccc(Cl)c2)c2ccccn2)c(Nc2ncccn2)c1. The summed E-state index contributed by atoms with van der Waals surface area (Å²) in [5.74, 6) is 0.346. The number of rotatable bonds is 7. The van der Waals surface area contributed by atoms with E-state index in [0.29, 0.717) is 22.3 Å². The van der Waals surface area contributed by atoms with Gasteiger partial charge in [0.15, 0.2) is 9.84 Å². The van der Waals surface area contributed by atoms with Gasteiger partial charge in [0.25, 0.3) is 0 Å². The number of anilines is 3. The minimum Gasteiger partial charge on any atom is -0.371 e. The van der Waals surface area contributed by atoms with Crippen LogP contribution in [-0.4, -0.2) is 29.6 Å². The van der Waals surface area contributed by atoms with E-state index in [1.807, 2.05) is 36.4 Å². The molecule has 162 valence electrons. The van der Waals surface area contributed by atoms with E-state index in [4.69, 9.17) is 11.6 Å². The number of hydrogen-bond donors (Lipinski definition) is 2. The van der Waals surface area contributed by atoms with Crippen LogP contribution in [0.25, 0.3) is 0 Å². The quantitative estimate of drug-likeness (QED) is 0.401. The minimum absolute atomic E-state index is 0.179. The van der Waals surface area contributed by atoms with Crippen molar-refractivity contribution in [3.05, 3.63) is 102 Å². The zero-order valence-electron chi connectivity index (χ0n) is 17.1. The van der Waals surface area contributed by atoms with Gasteiger partial charge in [0.1, 0.15) is 0 Å². The first-order chi connectivity index (χ1) is 15.4. The number of nitrogens with zero attached hydrogens (tertiary/aromatic N) is 3. The van der Waals surface area contributed by atoms with Gasteiger partial charge < -0.3 is 10.6 Å². The Bertz CT molecular complexity index is 1320.